The first-order valence-electron chi connectivity index (χ1n) is 5.80. The Morgan fingerprint density at radius 1 is 1.50 bits per heavy atom. The van der Waals surface area contributed by atoms with E-state index in [2.05, 4.69) is 9.88 Å². The van der Waals surface area contributed by atoms with Crippen LogP contribution in [0.4, 0.5) is 10.2 Å². The van der Waals surface area contributed by atoms with Crippen LogP contribution >= 0.6 is 11.6 Å². The molecule has 2 rings (SSSR count). The molecule has 1 aromatic heterocycles. The third-order valence-electron chi connectivity index (χ3n) is 3.17. The van der Waals surface area contributed by atoms with E-state index in [0.29, 0.717) is 16.9 Å². The Morgan fingerprint density at radius 3 is 2.75 bits per heavy atom. The minimum absolute atomic E-state index is 0.318. The van der Waals surface area contributed by atoms with E-state index in [1.54, 1.807) is 0 Å². The Hall–Kier alpha value is -0.830. The van der Waals surface area contributed by atoms with Gasteiger partial charge in [0.05, 0.1) is 5.02 Å². The summed E-state index contributed by atoms with van der Waals surface area (Å²) in [6.45, 7) is 2.82. The van der Waals surface area contributed by atoms with Crippen molar-refractivity contribution in [2.24, 2.45) is 0 Å². The van der Waals surface area contributed by atoms with E-state index in [4.69, 9.17) is 11.6 Å². The maximum absolute atomic E-state index is 13.8. The van der Waals surface area contributed by atoms with Crippen LogP contribution in [0.5, 0.6) is 0 Å². The number of rotatable bonds is 3. The molecule has 0 aromatic carbocycles. The summed E-state index contributed by atoms with van der Waals surface area (Å²) in [5.74, 6) is 0.125. The van der Waals surface area contributed by atoms with Crippen molar-refractivity contribution in [2.75, 3.05) is 11.4 Å². The van der Waals surface area contributed by atoms with E-state index >= 15 is 0 Å². The zero-order valence-electron chi connectivity index (χ0n) is 9.42. The molecule has 0 radical (unpaired) electrons. The highest BCUT2D eigenvalue weighted by molar-refractivity contribution is 6.30. The summed E-state index contributed by atoms with van der Waals surface area (Å²) >= 11 is 5.70. The molecule has 88 valence electrons. The molecule has 0 spiro atoms. The van der Waals surface area contributed by atoms with Crippen LogP contribution in [-0.2, 0) is 0 Å². The molecular formula is C12H16ClFN2. The Morgan fingerprint density at radius 2 is 2.19 bits per heavy atom. The van der Waals surface area contributed by atoms with E-state index in [-0.39, 0.29) is 5.82 Å². The Bertz CT molecular complexity index is 364. The number of pyridine rings is 1. The lowest BCUT2D eigenvalue weighted by molar-refractivity contribution is 0.568. The second-order valence-corrected chi connectivity index (χ2v) is 4.62. The Labute approximate surface area is 100 Å². The van der Waals surface area contributed by atoms with Crippen molar-refractivity contribution in [3.05, 3.63) is 23.1 Å². The van der Waals surface area contributed by atoms with E-state index in [0.717, 1.165) is 19.4 Å². The quantitative estimate of drug-likeness (QED) is 0.805. The molecule has 2 nitrogen and oxygen atoms in total. The summed E-state index contributed by atoms with van der Waals surface area (Å²) in [4.78, 5) is 6.17. The summed E-state index contributed by atoms with van der Waals surface area (Å²) in [7, 11) is 0. The first-order chi connectivity index (χ1) is 7.72. The maximum Gasteiger partial charge on any atom is 0.167 e. The van der Waals surface area contributed by atoms with E-state index < -0.39 is 0 Å². The van der Waals surface area contributed by atoms with Gasteiger partial charge < -0.3 is 4.90 Å². The van der Waals surface area contributed by atoms with Gasteiger partial charge in [-0.1, -0.05) is 24.4 Å². The molecule has 0 N–H and O–H groups in total. The summed E-state index contributed by atoms with van der Waals surface area (Å²) < 4.78 is 13.8. The third kappa shape index (κ3) is 2.29. The molecule has 0 aliphatic heterocycles. The molecule has 1 saturated carbocycles. The fourth-order valence-electron chi connectivity index (χ4n) is 2.42. The minimum Gasteiger partial charge on any atom is -0.351 e. The number of nitrogens with zero attached hydrogens (tertiary/aromatic N) is 2. The average molecular weight is 243 g/mol. The van der Waals surface area contributed by atoms with Crippen LogP contribution in [0.2, 0.25) is 5.02 Å². The van der Waals surface area contributed by atoms with Crippen molar-refractivity contribution < 1.29 is 4.39 Å². The molecule has 1 heterocycles. The predicted octanol–water partition coefficient (Wildman–Crippen LogP) is 3.64. The zero-order valence-corrected chi connectivity index (χ0v) is 10.2. The van der Waals surface area contributed by atoms with Crippen molar-refractivity contribution in [1.82, 2.24) is 4.98 Å². The van der Waals surface area contributed by atoms with Crippen LogP contribution in [0.3, 0.4) is 0 Å². The predicted molar refractivity (Wildman–Crippen MR) is 64.5 cm³/mol. The fourth-order valence-corrected chi connectivity index (χ4v) is 2.56. The van der Waals surface area contributed by atoms with Crippen LogP contribution in [0.25, 0.3) is 0 Å². The highest BCUT2D eigenvalue weighted by Crippen LogP contribution is 2.29. The van der Waals surface area contributed by atoms with Gasteiger partial charge in [-0.3, -0.25) is 0 Å². The first-order valence-corrected chi connectivity index (χ1v) is 6.18. The van der Waals surface area contributed by atoms with E-state index in [1.165, 1.54) is 25.1 Å². The molecule has 1 aliphatic rings. The third-order valence-corrected chi connectivity index (χ3v) is 3.37. The minimum atomic E-state index is -0.318. The Balaban J connectivity index is 2.25. The van der Waals surface area contributed by atoms with Gasteiger partial charge in [-0.15, -0.1) is 0 Å². The molecule has 16 heavy (non-hydrogen) atoms. The van der Waals surface area contributed by atoms with E-state index in [9.17, 15) is 4.39 Å². The molecule has 0 saturated heterocycles. The topological polar surface area (TPSA) is 16.1 Å². The second-order valence-electron chi connectivity index (χ2n) is 4.18. The van der Waals surface area contributed by atoms with Gasteiger partial charge in [-0.25, -0.2) is 9.37 Å². The number of hydrogen-bond acceptors (Lipinski definition) is 2. The summed E-state index contributed by atoms with van der Waals surface area (Å²) in [5.41, 5.74) is 0. The lowest BCUT2D eigenvalue weighted by Gasteiger charge is -2.28. The monoisotopic (exact) mass is 242 g/mol. The number of aromatic nitrogens is 1. The Kier molecular flexibility index (Phi) is 3.64. The summed E-state index contributed by atoms with van der Waals surface area (Å²) in [6.07, 6.45) is 6.25. The normalized spacial score (nSPS) is 16.7. The highest BCUT2D eigenvalue weighted by Gasteiger charge is 2.24. The van der Waals surface area contributed by atoms with Gasteiger partial charge in [0.2, 0.25) is 0 Å². The maximum atomic E-state index is 13.8. The molecule has 4 heteroatoms. The lowest BCUT2D eigenvalue weighted by Crippen LogP contribution is -2.34. The molecular weight excluding hydrogens is 227 g/mol. The van der Waals surface area contributed by atoms with E-state index in [1.807, 2.05) is 6.92 Å². The standard InChI is InChI=1S/C12H16ClFN2/c1-2-16(10-5-3-4-6-10)12-11(14)7-9(13)8-15-12/h7-8,10H,2-6H2,1H3. The molecule has 1 aliphatic carbocycles. The first kappa shape index (κ1) is 11.6. The highest BCUT2D eigenvalue weighted by atomic mass is 35.5. The summed E-state index contributed by atoms with van der Waals surface area (Å²) in [6, 6.07) is 1.77. The number of hydrogen-bond donors (Lipinski definition) is 0. The SMILES string of the molecule is CCN(c1ncc(Cl)cc1F)C1CCCC1. The van der Waals surface area contributed by atoms with Crippen molar-refractivity contribution in [3.8, 4) is 0 Å². The van der Waals surface area contributed by atoms with Crippen molar-refractivity contribution >= 4 is 17.4 Å². The van der Waals surface area contributed by atoms with Gasteiger partial charge in [0.25, 0.3) is 0 Å². The lowest BCUT2D eigenvalue weighted by atomic mass is 10.2. The van der Waals surface area contributed by atoms with Crippen LogP contribution in [0, 0.1) is 5.82 Å². The van der Waals surface area contributed by atoms with Gasteiger partial charge >= 0.3 is 0 Å². The second kappa shape index (κ2) is 5.00. The zero-order chi connectivity index (χ0) is 11.5. The molecule has 0 amide bonds. The molecule has 0 unspecified atom stereocenters. The van der Waals surface area contributed by atoms with Gasteiger partial charge in [0.1, 0.15) is 0 Å². The smallest absolute Gasteiger partial charge is 0.167 e. The molecule has 0 bridgehead atoms. The molecule has 1 fully saturated rings. The number of halogens is 2. The van der Waals surface area contributed by atoms with Crippen molar-refractivity contribution in [3.63, 3.8) is 0 Å². The number of anilines is 1. The van der Waals surface area contributed by atoms with Crippen molar-refractivity contribution in [1.29, 1.82) is 0 Å². The average Bonchev–Trinajstić information content (AvgIpc) is 2.75. The van der Waals surface area contributed by atoms with Gasteiger partial charge in [0.15, 0.2) is 11.6 Å². The van der Waals surface area contributed by atoms with Crippen LogP contribution in [0.15, 0.2) is 12.3 Å². The van der Waals surface area contributed by atoms with Gasteiger partial charge in [-0.2, -0.15) is 0 Å². The molecule has 0 atom stereocenters. The van der Waals surface area contributed by atoms with Crippen LogP contribution < -0.4 is 4.90 Å². The van der Waals surface area contributed by atoms with Crippen molar-refractivity contribution in [2.45, 2.75) is 38.6 Å². The largest absolute Gasteiger partial charge is 0.351 e. The van der Waals surface area contributed by atoms with Crippen LogP contribution in [0.1, 0.15) is 32.6 Å². The fraction of sp³-hybridized carbons (Fsp3) is 0.583. The summed E-state index contributed by atoms with van der Waals surface area (Å²) in [5, 5.41) is 0.351. The molecule has 1 aromatic rings. The van der Waals surface area contributed by atoms with Gasteiger partial charge in [0, 0.05) is 18.8 Å². The van der Waals surface area contributed by atoms with Gasteiger partial charge in [-0.05, 0) is 25.8 Å². The van der Waals surface area contributed by atoms with Crippen LogP contribution in [-0.4, -0.2) is 17.6 Å².